The van der Waals surface area contributed by atoms with E-state index in [0.717, 1.165) is 23.3 Å². The minimum atomic E-state index is -4.36. The molecule has 1 aliphatic rings. The lowest BCUT2D eigenvalue weighted by atomic mass is 10.0. The smallest absolute Gasteiger partial charge is 0.271 e. The van der Waals surface area contributed by atoms with Gasteiger partial charge in [-0.2, -0.15) is 26.3 Å². The van der Waals surface area contributed by atoms with Crippen LogP contribution in [0.25, 0.3) is 11.1 Å². The van der Waals surface area contributed by atoms with E-state index in [0.29, 0.717) is 11.3 Å². The van der Waals surface area contributed by atoms with E-state index in [1.54, 1.807) is 18.2 Å². The summed E-state index contributed by atoms with van der Waals surface area (Å²) < 4.78 is 65.1. The third-order valence-corrected chi connectivity index (χ3v) is 4.36. The monoisotopic (exact) mass is 328 g/mol. The van der Waals surface area contributed by atoms with Crippen molar-refractivity contribution >= 4 is 15.9 Å². The first-order chi connectivity index (χ1) is 10.2. The molecule has 0 fully saturated rings. The Morgan fingerprint density at radius 3 is 2.23 bits per heavy atom. The lowest BCUT2D eigenvalue weighted by Gasteiger charge is -2.20. The van der Waals surface area contributed by atoms with E-state index in [-0.39, 0.29) is 6.54 Å². The molecule has 0 saturated carbocycles. The predicted molar refractivity (Wildman–Crippen MR) is 76.3 cm³/mol. The standard InChI is InChI=1S/C14H11F3N2O2S/c15-14(16,17)12-4-1-9(2-5-12)10-3-6-13-11(7-10)8-18-22(20,21)19-13/h1-7,18-19H,8H2. The molecule has 1 heterocycles. The molecule has 0 amide bonds. The van der Waals surface area contributed by atoms with Gasteiger partial charge in [-0.25, -0.2) is 0 Å². The zero-order valence-electron chi connectivity index (χ0n) is 11.1. The molecule has 0 atom stereocenters. The first kappa shape index (κ1) is 14.9. The quantitative estimate of drug-likeness (QED) is 0.845. The van der Waals surface area contributed by atoms with Crippen molar-refractivity contribution in [2.24, 2.45) is 0 Å². The average Bonchev–Trinajstić information content (AvgIpc) is 2.45. The molecule has 2 aromatic carbocycles. The molecule has 0 aliphatic carbocycles. The SMILES string of the molecule is O=S1(=O)NCc2cc(-c3ccc(C(F)(F)F)cc3)ccc2N1. The van der Waals surface area contributed by atoms with Crippen LogP contribution in [-0.2, 0) is 22.9 Å². The van der Waals surface area contributed by atoms with Gasteiger partial charge in [-0.05, 0) is 41.0 Å². The van der Waals surface area contributed by atoms with E-state index in [9.17, 15) is 21.6 Å². The summed E-state index contributed by atoms with van der Waals surface area (Å²) in [7, 11) is -3.52. The number of nitrogens with one attached hydrogen (secondary N) is 2. The molecule has 0 spiro atoms. The number of fused-ring (bicyclic) bond motifs is 1. The summed E-state index contributed by atoms with van der Waals surface area (Å²) in [6.07, 6.45) is -4.36. The highest BCUT2D eigenvalue weighted by Crippen LogP contribution is 2.32. The fourth-order valence-corrected chi connectivity index (χ4v) is 3.13. The number of hydrogen-bond donors (Lipinski definition) is 2. The Balaban J connectivity index is 1.94. The fourth-order valence-electron chi connectivity index (χ4n) is 2.22. The van der Waals surface area contributed by atoms with Gasteiger partial charge < -0.3 is 0 Å². The van der Waals surface area contributed by atoms with Gasteiger partial charge in [-0.3, -0.25) is 4.72 Å². The van der Waals surface area contributed by atoms with Gasteiger partial charge in [-0.1, -0.05) is 18.2 Å². The Bertz CT molecular complexity index is 815. The minimum Gasteiger partial charge on any atom is -0.271 e. The predicted octanol–water partition coefficient (Wildman–Crippen LogP) is 3.13. The van der Waals surface area contributed by atoms with Gasteiger partial charge in [-0.15, -0.1) is 0 Å². The van der Waals surface area contributed by atoms with Crippen molar-refractivity contribution in [2.45, 2.75) is 12.7 Å². The fraction of sp³-hybridized carbons (Fsp3) is 0.143. The Kier molecular flexibility index (Phi) is 3.37. The lowest BCUT2D eigenvalue weighted by molar-refractivity contribution is -0.137. The van der Waals surface area contributed by atoms with Crippen LogP contribution in [0.5, 0.6) is 0 Å². The highest BCUT2D eigenvalue weighted by Gasteiger charge is 2.30. The van der Waals surface area contributed by atoms with Gasteiger partial charge in [0.1, 0.15) is 0 Å². The second kappa shape index (κ2) is 4.99. The summed E-state index contributed by atoms with van der Waals surface area (Å²) in [4.78, 5) is 0. The van der Waals surface area contributed by atoms with Crippen LogP contribution >= 0.6 is 0 Å². The highest BCUT2D eigenvalue weighted by atomic mass is 32.2. The Labute approximate surface area is 125 Å². The maximum atomic E-state index is 12.5. The van der Waals surface area contributed by atoms with Crippen LogP contribution in [0.15, 0.2) is 42.5 Å². The van der Waals surface area contributed by atoms with Crippen molar-refractivity contribution < 1.29 is 21.6 Å². The van der Waals surface area contributed by atoms with Crippen LogP contribution in [0.4, 0.5) is 18.9 Å². The molecule has 4 nitrogen and oxygen atoms in total. The first-order valence-corrected chi connectivity index (χ1v) is 7.81. The lowest BCUT2D eigenvalue weighted by Crippen LogP contribution is -2.34. The number of hydrogen-bond acceptors (Lipinski definition) is 2. The molecule has 8 heteroatoms. The van der Waals surface area contributed by atoms with Crippen molar-refractivity contribution in [2.75, 3.05) is 4.72 Å². The summed E-state index contributed by atoms with van der Waals surface area (Å²) >= 11 is 0. The topological polar surface area (TPSA) is 58.2 Å². The van der Waals surface area contributed by atoms with Crippen LogP contribution in [0.1, 0.15) is 11.1 Å². The number of alkyl halides is 3. The van der Waals surface area contributed by atoms with Crippen molar-refractivity contribution in [1.82, 2.24) is 4.72 Å². The third-order valence-electron chi connectivity index (χ3n) is 3.35. The van der Waals surface area contributed by atoms with Gasteiger partial charge in [0.15, 0.2) is 0 Å². The molecule has 3 rings (SSSR count). The van der Waals surface area contributed by atoms with Crippen molar-refractivity contribution in [3.8, 4) is 11.1 Å². The Hall–Kier alpha value is -2.06. The van der Waals surface area contributed by atoms with Crippen molar-refractivity contribution in [3.05, 3.63) is 53.6 Å². The average molecular weight is 328 g/mol. The van der Waals surface area contributed by atoms with E-state index in [2.05, 4.69) is 9.44 Å². The van der Waals surface area contributed by atoms with E-state index in [1.807, 2.05) is 0 Å². The molecular weight excluding hydrogens is 317 g/mol. The van der Waals surface area contributed by atoms with Crippen molar-refractivity contribution in [3.63, 3.8) is 0 Å². The maximum Gasteiger partial charge on any atom is 0.416 e. The normalized spacial score (nSPS) is 16.7. The summed E-state index contributed by atoms with van der Waals surface area (Å²) in [5, 5.41) is 0. The van der Waals surface area contributed by atoms with Crippen LogP contribution in [0.2, 0.25) is 0 Å². The molecule has 0 saturated heterocycles. The number of anilines is 1. The van der Waals surface area contributed by atoms with Crippen LogP contribution in [0, 0.1) is 0 Å². The molecular formula is C14H11F3N2O2S. The van der Waals surface area contributed by atoms with Crippen molar-refractivity contribution in [1.29, 1.82) is 0 Å². The zero-order valence-corrected chi connectivity index (χ0v) is 11.9. The zero-order chi connectivity index (χ0) is 16.0. The van der Waals surface area contributed by atoms with Gasteiger partial charge in [0, 0.05) is 6.54 Å². The van der Waals surface area contributed by atoms with Crippen LogP contribution in [0.3, 0.4) is 0 Å². The van der Waals surface area contributed by atoms with Gasteiger partial charge in [0.05, 0.1) is 11.3 Å². The third kappa shape index (κ3) is 2.93. The summed E-state index contributed by atoms with van der Waals surface area (Å²) in [6.45, 7) is 0.138. The van der Waals surface area contributed by atoms with Crippen LogP contribution in [-0.4, -0.2) is 8.42 Å². The second-order valence-electron chi connectivity index (χ2n) is 4.87. The largest absolute Gasteiger partial charge is 0.416 e. The first-order valence-electron chi connectivity index (χ1n) is 6.33. The Morgan fingerprint density at radius 1 is 0.955 bits per heavy atom. The number of halogens is 3. The molecule has 0 bridgehead atoms. The molecule has 116 valence electrons. The molecule has 2 aromatic rings. The van der Waals surface area contributed by atoms with Gasteiger partial charge in [0.25, 0.3) is 10.2 Å². The van der Waals surface area contributed by atoms with E-state index < -0.39 is 21.9 Å². The van der Waals surface area contributed by atoms with E-state index in [4.69, 9.17) is 0 Å². The van der Waals surface area contributed by atoms with Gasteiger partial charge in [0.2, 0.25) is 0 Å². The molecule has 22 heavy (non-hydrogen) atoms. The summed E-state index contributed by atoms with van der Waals surface area (Å²) in [5.41, 5.74) is 1.84. The Morgan fingerprint density at radius 2 is 1.59 bits per heavy atom. The summed E-state index contributed by atoms with van der Waals surface area (Å²) in [6, 6.07) is 9.84. The molecule has 0 radical (unpaired) electrons. The molecule has 2 N–H and O–H groups in total. The second-order valence-corrected chi connectivity index (χ2v) is 6.37. The van der Waals surface area contributed by atoms with Crippen LogP contribution < -0.4 is 9.44 Å². The molecule has 0 aromatic heterocycles. The molecule has 0 unspecified atom stereocenters. The maximum absolute atomic E-state index is 12.5. The highest BCUT2D eigenvalue weighted by molar-refractivity contribution is 7.90. The van der Waals surface area contributed by atoms with E-state index in [1.165, 1.54) is 12.1 Å². The number of benzene rings is 2. The van der Waals surface area contributed by atoms with Gasteiger partial charge >= 0.3 is 6.18 Å². The number of rotatable bonds is 1. The molecule has 1 aliphatic heterocycles. The minimum absolute atomic E-state index is 0.138. The van der Waals surface area contributed by atoms with E-state index >= 15 is 0 Å². The summed E-state index contributed by atoms with van der Waals surface area (Å²) in [5.74, 6) is 0.